The summed E-state index contributed by atoms with van der Waals surface area (Å²) in [7, 11) is 0. The van der Waals surface area contributed by atoms with Gasteiger partial charge in [0.05, 0.1) is 13.2 Å². The number of para-hydroxylation sites is 1. The van der Waals surface area contributed by atoms with Crippen LogP contribution in [0.25, 0.3) is 0 Å². The molecule has 0 radical (unpaired) electrons. The Morgan fingerprint density at radius 2 is 1.39 bits per heavy atom. The predicted molar refractivity (Wildman–Crippen MR) is 170 cm³/mol. The Balaban J connectivity index is 1.30. The van der Waals surface area contributed by atoms with Crippen LogP contribution in [0.1, 0.15) is 24.5 Å². The first-order valence-corrected chi connectivity index (χ1v) is 15.1. The molecule has 0 saturated heterocycles. The Hall–Kier alpha value is -4.93. The maximum atomic E-state index is 13.2. The SMILES string of the molecule is CCOC(Cc1ccc(OCCN(CCCOCc2ccc(F)cc2)C(=O)Oc2ccc(Oc3ccccc3)cc2)cc1)C(=O)O. The van der Waals surface area contributed by atoms with E-state index in [0.717, 1.165) is 11.1 Å². The maximum Gasteiger partial charge on any atom is 0.415 e. The fourth-order valence-electron chi connectivity index (χ4n) is 4.42. The van der Waals surface area contributed by atoms with E-state index in [-0.39, 0.29) is 25.4 Å². The molecule has 1 unspecified atom stereocenters. The number of carboxylic acids is 1. The lowest BCUT2D eigenvalue weighted by molar-refractivity contribution is -0.149. The molecule has 0 aliphatic carbocycles. The zero-order valence-corrected chi connectivity index (χ0v) is 25.7. The topological polar surface area (TPSA) is 104 Å². The van der Waals surface area contributed by atoms with Gasteiger partial charge < -0.3 is 33.7 Å². The minimum absolute atomic E-state index is 0.200. The van der Waals surface area contributed by atoms with Gasteiger partial charge in [-0.3, -0.25) is 0 Å². The first-order chi connectivity index (χ1) is 22.4. The predicted octanol–water partition coefficient (Wildman–Crippen LogP) is 7.14. The fraction of sp³-hybridized carbons (Fsp3) is 0.278. The Bertz CT molecular complexity index is 1480. The van der Waals surface area contributed by atoms with Crippen molar-refractivity contribution in [2.75, 3.05) is 32.9 Å². The number of nitrogens with zero attached hydrogens (tertiary/aromatic N) is 1. The Morgan fingerprint density at radius 3 is 2.07 bits per heavy atom. The summed E-state index contributed by atoms with van der Waals surface area (Å²) in [5.41, 5.74) is 1.66. The molecule has 242 valence electrons. The highest BCUT2D eigenvalue weighted by molar-refractivity contribution is 5.72. The average Bonchev–Trinajstić information content (AvgIpc) is 3.06. The van der Waals surface area contributed by atoms with E-state index in [1.165, 1.54) is 12.1 Å². The highest BCUT2D eigenvalue weighted by Crippen LogP contribution is 2.24. The molecule has 0 heterocycles. The van der Waals surface area contributed by atoms with Crippen molar-refractivity contribution in [3.63, 3.8) is 0 Å². The highest BCUT2D eigenvalue weighted by Gasteiger charge is 2.19. The van der Waals surface area contributed by atoms with Crippen LogP contribution in [0.4, 0.5) is 9.18 Å². The normalized spacial score (nSPS) is 11.4. The number of aliphatic carboxylic acids is 1. The van der Waals surface area contributed by atoms with E-state index in [1.807, 2.05) is 30.3 Å². The number of ether oxygens (including phenoxy) is 5. The molecule has 0 fully saturated rings. The molecule has 4 aromatic carbocycles. The number of carbonyl (C=O) groups excluding carboxylic acids is 1. The molecule has 1 N–H and O–H groups in total. The Kier molecular flexibility index (Phi) is 13.4. The number of rotatable bonds is 18. The number of carboxylic acid groups (broad SMARTS) is 1. The monoisotopic (exact) mass is 631 g/mol. The number of carbonyl (C=O) groups is 2. The first-order valence-electron chi connectivity index (χ1n) is 15.1. The van der Waals surface area contributed by atoms with Crippen molar-refractivity contribution in [3.05, 3.63) is 120 Å². The van der Waals surface area contributed by atoms with Gasteiger partial charge in [-0.1, -0.05) is 42.5 Å². The molecule has 0 aliphatic heterocycles. The minimum Gasteiger partial charge on any atom is -0.492 e. The number of halogens is 1. The van der Waals surface area contributed by atoms with Gasteiger partial charge in [0.2, 0.25) is 0 Å². The third-order valence-corrected chi connectivity index (χ3v) is 6.78. The standard InChI is InChI=1S/C36H38FNO8/c1-2-43-34(35(39)40)25-27-11-15-30(16-12-27)44-24-22-38(21-6-23-42-26-28-9-13-29(37)14-10-28)36(41)46-33-19-17-32(18-20-33)45-31-7-4-3-5-8-31/h3-5,7-20,34H,2,6,21-26H2,1H3,(H,39,40). The molecule has 0 aromatic heterocycles. The third-order valence-electron chi connectivity index (χ3n) is 6.78. The summed E-state index contributed by atoms with van der Waals surface area (Å²) in [6.45, 7) is 3.58. The van der Waals surface area contributed by atoms with Gasteiger partial charge in [-0.2, -0.15) is 0 Å². The summed E-state index contributed by atoms with van der Waals surface area (Å²) >= 11 is 0. The summed E-state index contributed by atoms with van der Waals surface area (Å²) in [5.74, 6) is 0.944. The van der Waals surface area contributed by atoms with Crippen LogP contribution in [-0.4, -0.2) is 61.1 Å². The van der Waals surface area contributed by atoms with Crippen molar-refractivity contribution in [2.45, 2.75) is 32.5 Å². The van der Waals surface area contributed by atoms with Crippen molar-refractivity contribution < 1.29 is 42.8 Å². The molecular weight excluding hydrogens is 593 g/mol. The van der Waals surface area contributed by atoms with Crippen LogP contribution in [-0.2, 0) is 27.3 Å². The third kappa shape index (κ3) is 11.5. The van der Waals surface area contributed by atoms with E-state index in [2.05, 4.69) is 0 Å². The van der Waals surface area contributed by atoms with Crippen LogP contribution in [0.15, 0.2) is 103 Å². The van der Waals surface area contributed by atoms with Gasteiger partial charge in [0, 0.05) is 26.2 Å². The van der Waals surface area contributed by atoms with Crippen LogP contribution >= 0.6 is 0 Å². The van der Waals surface area contributed by atoms with E-state index in [1.54, 1.807) is 72.5 Å². The summed E-state index contributed by atoms with van der Waals surface area (Å²) in [6, 6.07) is 29.4. The number of amides is 1. The van der Waals surface area contributed by atoms with Gasteiger partial charge >= 0.3 is 12.1 Å². The maximum absolute atomic E-state index is 13.2. The fourth-order valence-corrected chi connectivity index (χ4v) is 4.42. The smallest absolute Gasteiger partial charge is 0.415 e. The molecule has 9 nitrogen and oxygen atoms in total. The molecule has 0 spiro atoms. The van der Waals surface area contributed by atoms with Crippen molar-refractivity contribution in [1.82, 2.24) is 4.90 Å². The number of hydrogen-bond acceptors (Lipinski definition) is 7. The summed E-state index contributed by atoms with van der Waals surface area (Å²) < 4.78 is 41.5. The van der Waals surface area contributed by atoms with E-state index in [9.17, 15) is 19.1 Å². The second-order valence-corrected chi connectivity index (χ2v) is 10.3. The second-order valence-electron chi connectivity index (χ2n) is 10.3. The lowest BCUT2D eigenvalue weighted by Gasteiger charge is -2.22. The lowest BCUT2D eigenvalue weighted by Crippen LogP contribution is -2.38. The highest BCUT2D eigenvalue weighted by atomic mass is 19.1. The van der Waals surface area contributed by atoms with Crippen molar-refractivity contribution in [1.29, 1.82) is 0 Å². The molecule has 1 atom stereocenters. The molecule has 4 rings (SSSR count). The summed E-state index contributed by atoms with van der Waals surface area (Å²) in [5, 5.41) is 9.33. The van der Waals surface area contributed by atoms with Crippen molar-refractivity contribution in [2.24, 2.45) is 0 Å². The Labute approximate surface area is 268 Å². The molecule has 4 aromatic rings. The molecule has 46 heavy (non-hydrogen) atoms. The number of benzene rings is 4. The van der Waals surface area contributed by atoms with Crippen LogP contribution in [0.2, 0.25) is 0 Å². The van der Waals surface area contributed by atoms with Crippen LogP contribution in [0.5, 0.6) is 23.0 Å². The van der Waals surface area contributed by atoms with Gasteiger partial charge in [-0.15, -0.1) is 0 Å². The van der Waals surface area contributed by atoms with Crippen molar-refractivity contribution in [3.8, 4) is 23.0 Å². The molecule has 10 heteroatoms. The van der Waals surface area contributed by atoms with E-state index in [4.69, 9.17) is 23.7 Å². The zero-order valence-electron chi connectivity index (χ0n) is 25.7. The molecule has 0 saturated carbocycles. The van der Waals surface area contributed by atoms with Crippen LogP contribution in [0.3, 0.4) is 0 Å². The Morgan fingerprint density at radius 1 is 0.761 bits per heavy atom. The largest absolute Gasteiger partial charge is 0.492 e. The molecule has 1 amide bonds. The van der Waals surface area contributed by atoms with Crippen molar-refractivity contribution >= 4 is 12.1 Å². The van der Waals surface area contributed by atoms with E-state index < -0.39 is 18.2 Å². The van der Waals surface area contributed by atoms with Crippen LogP contribution in [0, 0.1) is 5.82 Å². The second kappa shape index (κ2) is 18.1. The summed E-state index contributed by atoms with van der Waals surface area (Å²) in [4.78, 5) is 26.1. The van der Waals surface area contributed by atoms with Gasteiger partial charge in [-0.05, 0) is 85.1 Å². The minimum atomic E-state index is -1.01. The van der Waals surface area contributed by atoms with E-state index >= 15 is 0 Å². The summed E-state index contributed by atoms with van der Waals surface area (Å²) in [6.07, 6.45) is -0.668. The number of hydrogen-bond donors (Lipinski definition) is 1. The van der Waals surface area contributed by atoms with Gasteiger partial charge in [-0.25, -0.2) is 14.0 Å². The zero-order chi connectivity index (χ0) is 32.6. The quantitative estimate of drug-likeness (QED) is 0.116. The average molecular weight is 632 g/mol. The molecule has 0 aliphatic rings. The van der Waals surface area contributed by atoms with Gasteiger partial charge in [0.25, 0.3) is 0 Å². The van der Waals surface area contributed by atoms with Crippen LogP contribution < -0.4 is 14.2 Å². The molecular formula is C36H38FNO8. The molecule has 0 bridgehead atoms. The van der Waals surface area contributed by atoms with Gasteiger partial charge in [0.1, 0.15) is 35.4 Å². The van der Waals surface area contributed by atoms with E-state index in [0.29, 0.717) is 55.8 Å². The van der Waals surface area contributed by atoms with Gasteiger partial charge in [0.15, 0.2) is 6.10 Å². The first kappa shape index (κ1) is 34.0. The lowest BCUT2D eigenvalue weighted by atomic mass is 10.1.